The fourth-order valence-electron chi connectivity index (χ4n) is 4.49. The molecule has 0 atom stereocenters. The predicted molar refractivity (Wildman–Crippen MR) is 144 cm³/mol. The summed E-state index contributed by atoms with van der Waals surface area (Å²) in [5.41, 5.74) is 5.15. The third kappa shape index (κ3) is 39.0. The van der Waals surface area contributed by atoms with E-state index in [2.05, 4.69) is 50.4 Å². The van der Waals surface area contributed by atoms with Crippen LogP contribution in [0.3, 0.4) is 0 Å². The smallest absolute Gasteiger partial charge is 0.217 e. The van der Waals surface area contributed by atoms with E-state index in [-0.39, 0.29) is 5.91 Å². The highest BCUT2D eigenvalue weighted by Crippen LogP contribution is 2.15. The van der Waals surface area contributed by atoms with Crippen molar-refractivity contribution in [3.63, 3.8) is 0 Å². The quantitative estimate of drug-likeness (QED) is 0.0399. The third-order valence-corrected chi connectivity index (χ3v) is 6.70. The molecule has 0 saturated carbocycles. The maximum Gasteiger partial charge on any atom is 0.217 e. The van der Waals surface area contributed by atoms with Gasteiger partial charge in [0.15, 0.2) is 0 Å². The average molecular weight is 602 g/mol. The maximum atomic E-state index is 10.7. The van der Waals surface area contributed by atoms with E-state index in [4.69, 9.17) is 15.9 Å². The number of hydrogen-bond acceptors (Lipinski definition) is 13. The van der Waals surface area contributed by atoms with Gasteiger partial charge in [0.2, 0.25) is 5.91 Å². The molecule has 246 valence electrons. The molecule has 0 aliphatic carbocycles. The van der Waals surface area contributed by atoms with Gasteiger partial charge in [-0.05, 0) is 63.2 Å². The number of amides is 1. The molecule has 0 heterocycles. The monoisotopic (exact) mass is 601 g/mol. The minimum absolute atomic E-state index is 0.170. The van der Waals surface area contributed by atoms with E-state index in [1.807, 2.05) is 0 Å². The molecule has 0 saturated heterocycles. The summed E-state index contributed by atoms with van der Waals surface area (Å²) in [5, 5.41) is 44.2. The van der Waals surface area contributed by atoms with Gasteiger partial charge < -0.3 is 5.73 Å². The fourth-order valence-corrected chi connectivity index (χ4v) is 4.49. The van der Waals surface area contributed by atoms with E-state index in [0.29, 0.717) is 13.0 Å². The van der Waals surface area contributed by atoms with Gasteiger partial charge >= 0.3 is 0 Å². The lowest BCUT2D eigenvalue weighted by molar-refractivity contribution is -0.862. The van der Waals surface area contributed by atoms with Crippen LogP contribution in [0.15, 0.2) is 0 Å². The zero-order chi connectivity index (χ0) is 29.7. The molecule has 0 bridgehead atoms. The van der Waals surface area contributed by atoms with E-state index < -0.39 is 0 Å². The van der Waals surface area contributed by atoms with Crippen molar-refractivity contribution >= 4 is 5.91 Å². The van der Waals surface area contributed by atoms with Crippen molar-refractivity contribution < 1.29 is 65.3 Å². The Morgan fingerprint density at radius 1 is 0.390 bits per heavy atom. The van der Waals surface area contributed by atoms with Gasteiger partial charge in [0.1, 0.15) is 0 Å². The van der Waals surface area contributed by atoms with Crippen LogP contribution in [-0.4, -0.2) is 17.8 Å². The Labute approximate surface area is 244 Å². The van der Waals surface area contributed by atoms with Crippen molar-refractivity contribution in [3.05, 3.63) is 0 Å². The molecule has 0 spiro atoms. The van der Waals surface area contributed by atoms with Gasteiger partial charge in [-0.1, -0.05) is 141 Å². The summed E-state index contributed by atoms with van der Waals surface area (Å²) in [6, 6.07) is 0. The number of carbonyl (C=O) groups excluding carboxylic acids is 1. The van der Waals surface area contributed by atoms with Gasteiger partial charge in [0.25, 0.3) is 0 Å². The van der Waals surface area contributed by atoms with Crippen LogP contribution in [0.2, 0.25) is 0 Å². The minimum atomic E-state index is -0.170. The van der Waals surface area contributed by atoms with Gasteiger partial charge in [-0.15, -0.1) is 0 Å². The highest BCUT2D eigenvalue weighted by atomic mass is 18.0. The lowest BCUT2D eigenvalue weighted by Gasteiger charge is -2.04. The van der Waals surface area contributed by atoms with Crippen LogP contribution >= 0.6 is 0 Å². The molecule has 0 aromatic heterocycles. The van der Waals surface area contributed by atoms with Crippen molar-refractivity contribution in [1.29, 1.82) is 0 Å². The summed E-state index contributed by atoms with van der Waals surface area (Å²) in [6.07, 6.45) is 31.3. The molecular weight excluding hydrogens is 546 g/mol. The van der Waals surface area contributed by atoms with Crippen molar-refractivity contribution in [1.82, 2.24) is 0 Å². The van der Waals surface area contributed by atoms with Gasteiger partial charge in [-0.3, -0.25) is 4.79 Å². The number of rotatable bonds is 37. The average Bonchev–Trinajstić information content (AvgIpc) is 2.97. The first-order valence-electron chi connectivity index (χ1n) is 15.5. The molecule has 0 rings (SSSR count). The second-order valence-electron chi connectivity index (χ2n) is 10.2. The van der Waals surface area contributed by atoms with E-state index in [9.17, 15) is 4.79 Å². The zero-order valence-corrected chi connectivity index (χ0v) is 24.8. The number of primary amides is 1. The Morgan fingerprint density at radius 3 is 0.976 bits per heavy atom. The first kappa shape index (κ1) is 40.0. The zero-order valence-electron chi connectivity index (χ0n) is 24.8. The lowest BCUT2D eigenvalue weighted by atomic mass is 10.0. The first-order valence-corrected chi connectivity index (χ1v) is 15.5. The van der Waals surface area contributed by atoms with Crippen molar-refractivity contribution in [3.8, 4) is 0 Å². The Balaban J connectivity index is 3.03. The second kappa shape index (κ2) is 37.0. The van der Waals surface area contributed by atoms with E-state index >= 15 is 0 Å². The third-order valence-electron chi connectivity index (χ3n) is 6.70. The fraction of sp³-hybridized carbons (Fsp3) is 0.963. The molecule has 0 aromatic rings. The molecule has 0 aromatic carbocycles. The van der Waals surface area contributed by atoms with Gasteiger partial charge in [-0.2, -0.15) is 0 Å². The summed E-state index contributed by atoms with van der Waals surface area (Å²) < 4.78 is 0. The molecule has 0 aliphatic rings. The van der Waals surface area contributed by atoms with Crippen LogP contribution in [0.25, 0.3) is 0 Å². The summed E-state index contributed by atoms with van der Waals surface area (Å²) in [6.45, 7) is 0.333. The van der Waals surface area contributed by atoms with Crippen LogP contribution in [0.5, 0.6) is 0 Å². The minimum Gasteiger partial charge on any atom is -0.370 e. The summed E-state index contributed by atoms with van der Waals surface area (Å²) in [4.78, 5) is 15.4. The Hall–Kier alpha value is -1.01. The lowest BCUT2D eigenvalue weighted by Crippen LogP contribution is -2.09. The van der Waals surface area contributed by atoms with Crippen LogP contribution < -0.4 is 5.73 Å². The number of carbonyl (C=O) groups is 1. The molecule has 1 amide bonds. The number of nitrogens with two attached hydrogens (primary N) is 1. The second-order valence-corrected chi connectivity index (χ2v) is 10.2. The molecule has 41 heavy (non-hydrogen) atoms. The van der Waals surface area contributed by atoms with Crippen molar-refractivity contribution in [2.45, 2.75) is 161 Å². The van der Waals surface area contributed by atoms with Crippen molar-refractivity contribution in [2.24, 2.45) is 5.73 Å². The predicted octanol–water partition coefficient (Wildman–Crippen LogP) is 8.03. The SMILES string of the molecule is NC(=O)CCCCCCCCCCCCCCCCCCCCCCCCCCOOOOOOOOOOOO. The molecular formula is C27H55NO13. The highest BCUT2D eigenvalue weighted by Gasteiger charge is 1.99. The molecule has 0 unspecified atom stereocenters. The largest absolute Gasteiger partial charge is 0.370 e. The highest BCUT2D eigenvalue weighted by molar-refractivity contribution is 5.73. The summed E-state index contributed by atoms with van der Waals surface area (Å²) in [5.74, 6) is -0.170. The Morgan fingerprint density at radius 2 is 0.659 bits per heavy atom. The molecule has 0 fully saturated rings. The van der Waals surface area contributed by atoms with Gasteiger partial charge in [0, 0.05) is 6.42 Å². The van der Waals surface area contributed by atoms with Gasteiger partial charge in [-0.25, -0.2) is 10.1 Å². The standard InChI is InChI=1S/C27H55NO13/c28-27(29)25-23-21-19-17-15-13-11-9-7-5-3-1-2-4-6-8-10-12-14-16-18-20-22-24-26-31-33-35-37-39-41-40-38-36-34-32-30/h30H,1-26H2,(H2,28,29). The summed E-state index contributed by atoms with van der Waals surface area (Å²) in [7, 11) is 0. The maximum absolute atomic E-state index is 10.7. The van der Waals surface area contributed by atoms with E-state index in [0.717, 1.165) is 32.1 Å². The van der Waals surface area contributed by atoms with E-state index in [1.54, 1.807) is 0 Å². The number of unbranched alkanes of at least 4 members (excludes halogenated alkanes) is 23. The summed E-state index contributed by atoms with van der Waals surface area (Å²) >= 11 is 0. The molecule has 0 radical (unpaired) electrons. The molecule has 0 aliphatic heterocycles. The Kier molecular flexibility index (Phi) is 36.1. The van der Waals surface area contributed by atoms with Crippen LogP contribution in [0, 0.1) is 0 Å². The van der Waals surface area contributed by atoms with Crippen molar-refractivity contribution in [2.75, 3.05) is 6.61 Å². The van der Waals surface area contributed by atoms with E-state index in [1.165, 1.54) is 122 Å². The van der Waals surface area contributed by atoms with Crippen LogP contribution in [-0.2, 0) is 60.1 Å². The van der Waals surface area contributed by atoms with Crippen LogP contribution in [0.1, 0.15) is 161 Å². The normalized spacial score (nSPS) is 11.4. The molecule has 14 nitrogen and oxygen atoms in total. The van der Waals surface area contributed by atoms with Gasteiger partial charge in [0.05, 0.1) is 6.61 Å². The Bertz CT molecular complexity index is 506. The number of hydrogen-bond donors (Lipinski definition) is 2. The topological polar surface area (TPSA) is 165 Å². The first-order chi connectivity index (χ1) is 20.3. The molecule has 14 heteroatoms. The molecule has 3 N–H and O–H groups in total. The van der Waals surface area contributed by atoms with Crippen LogP contribution in [0.4, 0.5) is 0 Å².